The highest BCUT2D eigenvalue weighted by molar-refractivity contribution is 7.18. The average Bonchev–Trinajstić information content (AvgIpc) is 3.36. The molecule has 5 N–H and O–H groups in total. The minimum absolute atomic E-state index is 0.000580. The van der Waals surface area contributed by atoms with E-state index in [1.807, 2.05) is 42.5 Å². The minimum atomic E-state index is -1.03. The van der Waals surface area contributed by atoms with Crippen LogP contribution in [0.25, 0.3) is 0 Å². The van der Waals surface area contributed by atoms with Gasteiger partial charge in [0, 0.05) is 26.1 Å². The van der Waals surface area contributed by atoms with Crippen molar-refractivity contribution in [1.82, 2.24) is 16.0 Å². The third kappa shape index (κ3) is 9.26. The fourth-order valence-electron chi connectivity index (χ4n) is 3.71. The summed E-state index contributed by atoms with van der Waals surface area (Å²) in [6, 6.07) is 19.7. The molecule has 1 unspecified atom stereocenters. The van der Waals surface area contributed by atoms with E-state index in [-0.39, 0.29) is 42.8 Å². The fraction of sp³-hybridized carbons (Fsp3) is 0.310. The molecule has 0 radical (unpaired) electrons. The Hall–Kier alpha value is -4.18. The molecule has 1 atom stereocenters. The number of benzene rings is 2. The first-order valence-corrected chi connectivity index (χ1v) is 13.4. The number of carboxylic acids is 1. The van der Waals surface area contributed by atoms with E-state index in [2.05, 4.69) is 42.0 Å². The number of hydrogen-bond acceptors (Lipinski definition) is 5. The lowest BCUT2D eigenvalue weighted by Gasteiger charge is -2.20. The number of rotatable bonds is 11. The zero-order valence-electron chi connectivity index (χ0n) is 22.2. The Morgan fingerprint density at radius 3 is 2.21 bits per heavy atom. The SMILES string of the molecule is CC(C)(C)c1ccc(C(CNC(=O)CCNC(=O)c2ccc(NC(=O)NCc3ccccc3)s2)C(=O)O)cc1. The molecule has 0 aliphatic carbocycles. The maximum absolute atomic E-state index is 12.4. The van der Waals surface area contributed by atoms with Crippen LogP contribution in [0.15, 0.2) is 66.7 Å². The van der Waals surface area contributed by atoms with E-state index in [9.17, 15) is 24.3 Å². The molecule has 0 aliphatic heterocycles. The maximum atomic E-state index is 12.4. The van der Waals surface area contributed by atoms with Gasteiger partial charge in [0.05, 0.1) is 15.8 Å². The van der Waals surface area contributed by atoms with Crippen LogP contribution >= 0.6 is 11.3 Å². The number of urea groups is 1. The number of hydrogen-bond donors (Lipinski definition) is 5. The summed E-state index contributed by atoms with van der Waals surface area (Å²) >= 11 is 1.12. The van der Waals surface area contributed by atoms with Gasteiger partial charge in [0.15, 0.2) is 0 Å². The highest BCUT2D eigenvalue weighted by Crippen LogP contribution is 2.25. The Labute approximate surface area is 232 Å². The number of aliphatic carboxylic acids is 1. The lowest BCUT2D eigenvalue weighted by Crippen LogP contribution is -2.34. The van der Waals surface area contributed by atoms with Crippen molar-refractivity contribution in [2.75, 3.05) is 18.4 Å². The van der Waals surface area contributed by atoms with Gasteiger partial charge in [0.25, 0.3) is 5.91 Å². The van der Waals surface area contributed by atoms with E-state index in [4.69, 9.17) is 0 Å². The first-order valence-electron chi connectivity index (χ1n) is 12.6. The predicted molar refractivity (Wildman–Crippen MR) is 152 cm³/mol. The van der Waals surface area contributed by atoms with Gasteiger partial charge in [-0.05, 0) is 34.2 Å². The molecular formula is C29H34N4O5S. The van der Waals surface area contributed by atoms with Gasteiger partial charge in [-0.3, -0.25) is 19.7 Å². The maximum Gasteiger partial charge on any atom is 0.320 e. The van der Waals surface area contributed by atoms with Crippen molar-refractivity contribution >= 4 is 40.2 Å². The molecule has 10 heteroatoms. The standard InChI is InChI=1S/C29H34N4O5S/c1-29(2,3)21-11-9-20(10-12-21)22(27(36)37)18-31-24(34)15-16-30-26(35)23-13-14-25(39-23)33-28(38)32-17-19-7-5-4-6-8-19/h4-14,22H,15-18H2,1-3H3,(H,30,35)(H,31,34)(H,36,37)(H2,32,33,38). The van der Waals surface area contributed by atoms with Crippen molar-refractivity contribution in [1.29, 1.82) is 0 Å². The molecule has 0 saturated heterocycles. The molecule has 9 nitrogen and oxygen atoms in total. The van der Waals surface area contributed by atoms with Crippen LogP contribution in [0.1, 0.15) is 59.5 Å². The van der Waals surface area contributed by atoms with Crippen LogP contribution in [0.2, 0.25) is 0 Å². The van der Waals surface area contributed by atoms with E-state index >= 15 is 0 Å². The molecule has 3 rings (SSSR count). The van der Waals surface area contributed by atoms with Gasteiger partial charge in [-0.1, -0.05) is 75.4 Å². The van der Waals surface area contributed by atoms with E-state index < -0.39 is 11.9 Å². The summed E-state index contributed by atoms with van der Waals surface area (Å²) in [6.07, 6.45) is -0.000580. The topological polar surface area (TPSA) is 137 Å². The van der Waals surface area contributed by atoms with Gasteiger partial charge in [0.2, 0.25) is 5.91 Å². The Morgan fingerprint density at radius 2 is 1.56 bits per heavy atom. The van der Waals surface area contributed by atoms with Crippen LogP contribution in [0.4, 0.5) is 9.80 Å². The molecule has 206 valence electrons. The van der Waals surface area contributed by atoms with E-state index in [1.165, 1.54) is 0 Å². The first kappa shape index (κ1) is 29.4. The highest BCUT2D eigenvalue weighted by Gasteiger charge is 2.22. The van der Waals surface area contributed by atoms with Crippen LogP contribution in [-0.4, -0.2) is 42.0 Å². The number of amides is 4. The molecule has 2 aromatic carbocycles. The minimum Gasteiger partial charge on any atom is -0.481 e. The Kier molecular flexibility index (Phi) is 10.2. The van der Waals surface area contributed by atoms with E-state index in [0.717, 1.165) is 22.5 Å². The van der Waals surface area contributed by atoms with Crippen molar-refractivity contribution in [3.63, 3.8) is 0 Å². The summed E-state index contributed by atoms with van der Waals surface area (Å²) in [7, 11) is 0. The Bertz CT molecular complexity index is 1280. The van der Waals surface area contributed by atoms with Gasteiger partial charge in [-0.2, -0.15) is 0 Å². The molecule has 4 amide bonds. The summed E-state index contributed by atoms with van der Waals surface area (Å²) in [5, 5.41) is 20.9. The average molecular weight is 551 g/mol. The second kappa shape index (κ2) is 13.6. The molecule has 1 heterocycles. The lowest BCUT2D eigenvalue weighted by molar-refractivity contribution is -0.138. The summed E-state index contributed by atoms with van der Waals surface area (Å²) in [5.74, 6) is -2.63. The third-order valence-electron chi connectivity index (χ3n) is 5.98. The zero-order chi connectivity index (χ0) is 28.4. The number of nitrogens with one attached hydrogen (secondary N) is 4. The van der Waals surface area contributed by atoms with Gasteiger partial charge < -0.3 is 21.1 Å². The van der Waals surface area contributed by atoms with Crippen LogP contribution in [0.3, 0.4) is 0 Å². The van der Waals surface area contributed by atoms with Crippen molar-refractivity contribution in [2.45, 2.75) is 45.1 Å². The second-order valence-electron chi connectivity index (χ2n) is 10.0. The smallest absolute Gasteiger partial charge is 0.320 e. The Balaban J connectivity index is 1.40. The molecular weight excluding hydrogens is 516 g/mol. The van der Waals surface area contributed by atoms with Gasteiger partial charge >= 0.3 is 12.0 Å². The van der Waals surface area contributed by atoms with Crippen molar-refractivity contribution < 1.29 is 24.3 Å². The largest absolute Gasteiger partial charge is 0.481 e. The van der Waals surface area contributed by atoms with Gasteiger partial charge in [-0.25, -0.2) is 4.79 Å². The summed E-state index contributed by atoms with van der Waals surface area (Å²) in [4.78, 5) is 49.0. The monoisotopic (exact) mass is 550 g/mol. The second-order valence-corrected chi connectivity index (χ2v) is 11.1. The van der Waals surface area contributed by atoms with Crippen molar-refractivity contribution in [3.05, 3.63) is 88.3 Å². The number of carbonyl (C=O) groups is 4. The number of carbonyl (C=O) groups excluding carboxylic acids is 3. The van der Waals surface area contributed by atoms with Gasteiger partial charge in [-0.15, -0.1) is 11.3 Å². The molecule has 1 aromatic heterocycles. The Morgan fingerprint density at radius 1 is 0.872 bits per heavy atom. The number of carboxylic acid groups (broad SMARTS) is 1. The molecule has 39 heavy (non-hydrogen) atoms. The van der Waals surface area contributed by atoms with Crippen LogP contribution in [0, 0.1) is 0 Å². The lowest BCUT2D eigenvalue weighted by atomic mass is 9.85. The van der Waals surface area contributed by atoms with Crippen LogP contribution in [-0.2, 0) is 21.5 Å². The molecule has 0 spiro atoms. The van der Waals surface area contributed by atoms with Crippen LogP contribution < -0.4 is 21.3 Å². The number of anilines is 1. The number of thiophene rings is 1. The van der Waals surface area contributed by atoms with Crippen LogP contribution in [0.5, 0.6) is 0 Å². The molecule has 0 saturated carbocycles. The first-order chi connectivity index (χ1) is 18.5. The van der Waals surface area contributed by atoms with Crippen molar-refractivity contribution in [2.24, 2.45) is 0 Å². The zero-order valence-corrected chi connectivity index (χ0v) is 23.1. The summed E-state index contributed by atoms with van der Waals surface area (Å²) in [6.45, 7) is 6.65. The summed E-state index contributed by atoms with van der Waals surface area (Å²) < 4.78 is 0. The normalized spacial score (nSPS) is 11.8. The summed E-state index contributed by atoms with van der Waals surface area (Å²) in [5.41, 5.74) is 2.63. The molecule has 3 aromatic rings. The highest BCUT2D eigenvalue weighted by atomic mass is 32.1. The van der Waals surface area contributed by atoms with Crippen molar-refractivity contribution in [3.8, 4) is 0 Å². The molecule has 0 aliphatic rings. The molecule has 0 bridgehead atoms. The quantitative estimate of drug-likeness (QED) is 0.240. The van der Waals surface area contributed by atoms with E-state index in [0.29, 0.717) is 22.0 Å². The fourth-order valence-corrected chi connectivity index (χ4v) is 4.52. The molecule has 0 fully saturated rings. The van der Waals surface area contributed by atoms with Gasteiger partial charge in [0.1, 0.15) is 0 Å². The third-order valence-corrected chi connectivity index (χ3v) is 6.98. The predicted octanol–water partition coefficient (Wildman–Crippen LogP) is 4.47. The van der Waals surface area contributed by atoms with E-state index in [1.54, 1.807) is 24.3 Å².